The molecule has 3 heterocycles. The molecule has 0 nitrogen and oxygen atoms in total. The predicted octanol–water partition coefficient (Wildman–Crippen LogP) is 10.5. The van der Waals surface area contributed by atoms with E-state index in [1.807, 2.05) is 0 Å². The summed E-state index contributed by atoms with van der Waals surface area (Å²) in [5, 5.41) is 10.4. The van der Waals surface area contributed by atoms with Gasteiger partial charge in [0.2, 0.25) is 0 Å². The summed E-state index contributed by atoms with van der Waals surface area (Å²) >= 11 is 0. The number of hydrogen-bond acceptors (Lipinski definition) is 0. The second-order valence-electron chi connectivity index (χ2n) is 8.47. The standard InChI is InChI=1S/C24H36P4/c1-13-14(2)20(8)25(19(13)7)28(26-21(9)15(3)16(4)22(26)10)27-23(11)17(5)18(6)24(27)12/h1-12H3. The van der Waals surface area contributed by atoms with Crippen LogP contribution < -0.4 is 0 Å². The molecule has 28 heavy (non-hydrogen) atoms. The maximum absolute atomic E-state index is 2.46. The summed E-state index contributed by atoms with van der Waals surface area (Å²) < 4.78 is 0. The van der Waals surface area contributed by atoms with Crippen LogP contribution in [0.15, 0.2) is 0 Å². The van der Waals surface area contributed by atoms with Crippen molar-refractivity contribution in [2.24, 2.45) is 0 Å². The Labute approximate surface area is 176 Å². The summed E-state index contributed by atoms with van der Waals surface area (Å²) in [5.41, 5.74) is 9.54. The predicted molar refractivity (Wildman–Crippen MR) is 137 cm³/mol. The fourth-order valence-electron chi connectivity index (χ4n) is 4.41. The third-order valence-electron chi connectivity index (χ3n) is 7.39. The largest absolute Gasteiger partial charge is 0.0769 e. The van der Waals surface area contributed by atoms with Crippen LogP contribution in [0.4, 0.5) is 0 Å². The van der Waals surface area contributed by atoms with Crippen molar-refractivity contribution in [2.45, 2.75) is 83.1 Å². The van der Waals surface area contributed by atoms with Gasteiger partial charge in [0.05, 0.1) is 0 Å². The quantitative estimate of drug-likeness (QED) is 0.350. The zero-order chi connectivity index (χ0) is 21.2. The van der Waals surface area contributed by atoms with Gasteiger partial charge in [0.25, 0.3) is 0 Å². The van der Waals surface area contributed by atoms with Crippen molar-refractivity contribution in [3.8, 4) is 0 Å². The van der Waals surface area contributed by atoms with Gasteiger partial charge in [0, 0.05) is 6.99 Å². The molecule has 0 bridgehead atoms. The molecule has 0 aliphatic carbocycles. The van der Waals surface area contributed by atoms with Crippen LogP contribution in [-0.4, -0.2) is 0 Å². The Morgan fingerprint density at radius 3 is 0.607 bits per heavy atom. The van der Waals surface area contributed by atoms with Crippen LogP contribution in [-0.2, 0) is 0 Å². The van der Waals surface area contributed by atoms with Crippen molar-refractivity contribution in [1.29, 1.82) is 0 Å². The lowest BCUT2D eigenvalue weighted by molar-refractivity contribution is 1.32. The minimum atomic E-state index is -0.169. The van der Waals surface area contributed by atoms with Crippen molar-refractivity contribution in [3.05, 3.63) is 65.2 Å². The average Bonchev–Trinajstić information content (AvgIpc) is 3.06. The Kier molecular flexibility index (Phi) is 6.25. The molecule has 0 aliphatic heterocycles. The van der Waals surface area contributed by atoms with E-state index in [0.29, 0.717) is 0 Å². The van der Waals surface area contributed by atoms with E-state index in [4.69, 9.17) is 0 Å². The van der Waals surface area contributed by atoms with E-state index < -0.39 is 0 Å². The lowest BCUT2D eigenvalue weighted by Crippen LogP contribution is -1.73. The number of hydrogen-bond donors (Lipinski definition) is 0. The molecule has 3 aromatic rings. The fraction of sp³-hybridized carbons (Fsp3) is 0.500. The highest BCUT2D eigenvalue weighted by Gasteiger charge is 2.31. The monoisotopic (exact) mass is 448 g/mol. The van der Waals surface area contributed by atoms with E-state index in [0.717, 1.165) is 0 Å². The molecule has 0 N–H and O–H groups in total. The first-order chi connectivity index (χ1) is 12.9. The molecule has 0 saturated carbocycles. The van der Waals surface area contributed by atoms with Crippen molar-refractivity contribution in [2.75, 3.05) is 0 Å². The summed E-state index contributed by atoms with van der Waals surface area (Å²) in [4.78, 5) is 0. The van der Waals surface area contributed by atoms with Gasteiger partial charge in [-0.3, -0.25) is 0 Å². The van der Waals surface area contributed by atoms with Crippen LogP contribution >= 0.6 is 28.7 Å². The highest BCUT2D eigenvalue weighted by atomic mass is 32.7. The summed E-state index contributed by atoms with van der Waals surface area (Å²) in [7, 11) is -0.508. The van der Waals surface area contributed by atoms with Crippen molar-refractivity contribution in [3.63, 3.8) is 0 Å². The van der Waals surface area contributed by atoms with Gasteiger partial charge in [-0.15, -0.1) is 0 Å². The van der Waals surface area contributed by atoms with Crippen molar-refractivity contribution >= 4 is 28.7 Å². The molecule has 152 valence electrons. The minimum Gasteiger partial charge on any atom is -0.0769 e. The van der Waals surface area contributed by atoms with Crippen LogP contribution in [0.25, 0.3) is 0 Å². The van der Waals surface area contributed by atoms with Crippen molar-refractivity contribution in [1.82, 2.24) is 0 Å². The second kappa shape index (κ2) is 7.79. The van der Waals surface area contributed by atoms with E-state index in [9.17, 15) is 0 Å². The van der Waals surface area contributed by atoms with Gasteiger partial charge in [-0.25, -0.2) is 0 Å². The molecule has 0 atom stereocenters. The molecule has 0 radical (unpaired) electrons. The molecular formula is C24H36P4. The van der Waals surface area contributed by atoms with Gasteiger partial charge < -0.3 is 0 Å². The topological polar surface area (TPSA) is 0 Å². The Morgan fingerprint density at radius 1 is 0.321 bits per heavy atom. The third kappa shape index (κ3) is 3.07. The summed E-state index contributed by atoms with van der Waals surface area (Å²) in [6, 6.07) is 0. The molecule has 3 aromatic heterocycles. The fourth-order valence-corrected chi connectivity index (χ4v) is 39.4. The molecule has 0 spiro atoms. The zero-order valence-corrected chi connectivity index (χ0v) is 23.4. The minimum absolute atomic E-state index is 0.113. The van der Waals surface area contributed by atoms with Gasteiger partial charge in [0.15, 0.2) is 0 Å². The average molecular weight is 448 g/mol. The van der Waals surface area contributed by atoms with Gasteiger partial charge in [-0.2, -0.15) is 0 Å². The molecule has 0 fully saturated rings. The molecule has 0 aliphatic rings. The Balaban J connectivity index is 2.51. The van der Waals surface area contributed by atoms with Crippen LogP contribution in [0, 0.1) is 83.1 Å². The second-order valence-corrected chi connectivity index (χ2v) is 24.9. The first-order valence-electron chi connectivity index (χ1n) is 10.2. The Hall–Kier alpha value is -0.230. The number of rotatable bonds is 3. The maximum atomic E-state index is 2.46. The molecule has 0 saturated heterocycles. The van der Waals surface area contributed by atoms with Gasteiger partial charge in [-0.05, 0) is 148 Å². The molecule has 0 amide bonds. The Bertz CT molecular complexity index is 871. The summed E-state index contributed by atoms with van der Waals surface area (Å²) in [6.45, 7) is 28.9. The highest BCUT2D eigenvalue weighted by molar-refractivity contribution is 8.79. The molecular weight excluding hydrogens is 412 g/mol. The maximum Gasteiger partial charge on any atom is 0.0413 e. The first kappa shape index (κ1) is 22.5. The van der Waals surface area contributed by atoms with Crippen LogP contribution in [0.2, 0.25) is 0 Å². The van der Waals surface area contributed by atoms with E-state index in [1.54, 1.807) is 65.2 Å². The van der Waals surface area contributed by atoms with Gasteiger partial charge in [-0.1, -0.05) is 21.7 Å². The van der Waals surface area contributed by atoms with E-state index in [2.05, 4.69) is 83.1 Å². The van der Waals surface area contributed by atoms with Gasteiger partial charge in [0.1, 0.15) is 0 Å². The smallest absolute Gasteiger partial charge is 0.0413 e. The van der Waals surface area contributed by atoms with E-state index in [1.165, 1.54) is 0 Å². The van der Waals surface area contributed by atoms with Crippen molar-refractivity contribution < 1.29 is 0 Å². The summed E-state index contributed by atoms with van der Waals surface area (Å²) in [6.07, 6.45) is 0. The molecule has 3 rings (SSSR count). The third-order valence-corrected chi connectivity index (χ3v) is 32.6. The lowest BCUT2D eigenvalue weighted by Gasteiger charge is -2.26. The molecule has 4 heteroatoms. The summed E-state index contributed by atoms with van der Waals surface area (Å²) in [5.74, 6) is 0. The van der Waals surface area contributed by atoms with Crippen LogP contribution in [0.5, 0.6) is 0 Å². The molecule has 0 aromatic carbocycles. The lowest BCUT2D eigenvalue weighted by atomic mass is 10.2. The highest BCUT2D eigenvalue weighted by Crippen LogP contribution is 2.96. The zero-order valence-electron chi connectivity index (χ0n) is 19.8. The van der Waals surface area contributed by atoms with E-state index >= 15 is 0 Å². The normalized spacial score (nSPS) is 11.9. The first-order valence-corrected chi connectivity index (χ1v) is 17.7. The SMILES string of the molecule is Cc1c(C)c(C)p(P(p2c(C)c(C)c(C)c2C)p2c(C)c(C)c(C)c2C)c1C. The molecule has 0 unspecified atom stereocenters. The van der Waals surface area contributed by atoms with Gasteiger partial charge >= 0.3 is 0 Å². The van der Waals surface area contributed by atoms with Crippen LogP contribution in [0.1, 0.15) is 65.2 Å². The van der Waals surface area contributed by atoms with Crippen LogP contribution in [0.3, 0.4) is 0 Å². The van der Waals surface area contributed by atoms with E-state index in [-0.39, 0.29) is 28.7 Å². The Morgan fingerprint density at radius 2 is 0.464 bits per heavy atom.